The fraction of sp³-hybridized carbons (Fsp3) is 0.933. The lowest BCUT2D eigenvalue weighted by atomic mass is 9.46. The summed E-state index contributed by atoms with van der Waals surface area (Å²) in [6.07, 6.45) is 9.03. The van der Waals surface area contributed by atoms with Crippen LogP contribution in [0.15, 0.2) is 0 Å². The first-order chi connectivity index (χ1) is 8.66. The molecule has 4 rings (SSSR count). The van der Waals surface area contributed by atoms with Gasteiger partial charge < -0.3 is 11.1 Å². The molecule has 3 N–H and O–H groups in total. The molecule has 1 amide bonds. The number of nitrogens with one attached hydrogen (secondary N) is 1. The van der Waals surface area contributed by atoms with Gasteiger partial charge in [0.25, 0.3) is 0 Å². The average molecular weight is 250 g/mol. The second kappa shape index (κ2) is 4.52. The fourth-order valence-corrected chi connectivity index (χ4v) is 5.66. The van der Waals surface area contributed by atoms with Crippen LogP contribution in [0.4, 0.5) is 0 Å². The highest BCUT2D eigenvalue weighted by molar-refractivity contribution is 5.79. The smallest absolute Gasteiger partial charge is 0.223 e. The molecule has 0 aromatic heterocycles. The summed E-state index contributed by atoms with van der Waals surface area (Å²) in [4.78, 5) is 12.3. The molecule has 0 aromatic carbocycles. The van der Waals surface area contributed by atoms with Crippen LogP contribution in [0.3, 0.4) is 0 Å². The molecule has 102 valence electrons. The van der Waals surface area contributed by atoms with Gasteiger partial charge in [0, 0.05) is 13.0 Å². The van der Waals surface area contributed by atoms with E-state index in [4.69, 9.17) is 5.73 Å². The average Bonchev–Trinajstić information content (AvgIpc) is 2.33. The van der Waals surface area contributed by atoms with Crippen molar-refractivity contribution >= 4 is 5.91 Å². The van der Waals surface area contributed by atoms with Gasteiger partial charge in [-0.15, -0.1) is 0 Å². The highest BCUT2D eigenvalue weighted by Gasteiger charge is 2.55. The predicted octanol–water partition coefficient (Wildman–Crippen LogP) is 1.91. The highest BCUT2D eigenvalue weighted by Crippen LogP contribution is 2.63. The summed E-state index contributed by atoms with van der Waals surface area (Å²) in [6.45, 7) is 0.639. The number of carbonyl (C=O) groups excluding carboxylic acids is 1. The predicted molar refractivity (Wildman–Crippen MR) is 71.8 cm³/mol. The van der Waals surface area contributed by atoms with Crippen molar-refractivity contribution in [1.29, 1.82) is 0 Å². The van der Waals surface area contributed by atoms with Gasteiger partial charge in [-0.2, -0.15) is 0 Å². The number of hydrogen-bond acceptors (Lipinski definition) is 2. The van der Waals surface area contributed by atoms with Crippen LogP contribution in [0.2, 0.25) is 0 Å². The largest absolute Gasteiger partial charge is 0.359 e. The number of amides is 1. The van der Waals surface area contributed by atoms with Gasteiger partial charge in [0.05, 0.1) is 0 Å². The van der Waals surface area contributed by atoms with Crippen LogP contribution < -0.4 is 11.1 Å². The Morgan fingerprint density at radius 3 is 2.11 bits per heavy atom. The lowest BCUT2D eigenvalue weighted by molar-refractivity contribution is -0.141. The molecule has 4 bridgehead atoms. The minimum Gasteiger partial charge on any atom is -0.359 e. The van der Waals surface area contributed by atoms with Gasteiger partial charge in [-0.25, -0.2) is 0 Å². The van der Waals surface area contributed by atoms with Gasteiger partial charge in [-0.05, 0) is 74.7 Å². The van der Waals surface area contributed by atoms with E-state index in [0.717, 1.165) is 24.2 Å². The summed E-state index contributed by atoms with van der Waals surface area (Å²) in [5, 5.41) is 2.88. The van der Waals surface area contributed by atoms with E-state index in [0.29, 0.717) is 12.0 Å². The maximum atomic E-state index is 12.3. The molecule has 4 fully saturated rings. The van der Waals surface area contributed by atoms with Gasteiger partial charge in [0.15, 0.2) is 0 Å². The van der Waals surface area contributed by atoms with Crippen LogP contribution in [-0.2, 0) is 4.79 Å². The second-order valence-corrected chi connectivity index (χ2v) is 7.02. The number of nitrogens with two attached hydrogens (primary N) is 1. The summed E-state index contributed by atoms with van der Waals surface area (Å²) in [6, 6.07) is 0. The van der Waals surface area contributed by atoms with Crippen molar-refractivity contribution in [2.45, 2.75) is 44.9 Å². The summed E-state index contributed by atoms with van der Waals surface area (Å²) < 4.78 is 0. The molecule has 0 aliphatic heterocycles. The van der Waals surface area contributed by atoms with E-state index < -0.39 is 0 Å². The van der Waals surface area contributed by atoms with Crippen molar-refractivity contribution in [3.63, 3.8) is 0 Å². The lowest BCUT2D eigenvalue weighted by Gasteiger charge is -2.59. The van der Waals surface area contributed by atoms with Crippen molar-refractivity contribution < 1.29 is 4.79 Å². The molecule has 1 unspecified atom stereocenters. The van der Waals surface area contributed by atoms with Crippen LogP contribution in [0.1, 0.15) is 44.9 Å². The molecule has 0 saturated heterocycles. The first-order valence-corrected chi connectivity index (χ1v) is 7.58. The van der Waals surface area contributed by atoms with Crippen molar-refractivity contribution in [3.05, 3.63) is 0 Å². The van der Waals surface area contributed by atoms with E-state index in [-0.39, 0.29) is 11.8 Å². The van der Waals surface area contributed by atoms with E-state index in [1.807, 2.05) is 0 Å². The molecule has 0 radical (unpaired) electrons. The third kappa shape index (κ3) is 1.87. The molecule has 4 saturated carbocycles. The van der Waals surface area contributed by atoms with Crippen LogP contribution in [0.5, 0.6) is 0 Å². The van der Waals surface area contributed by atoms with Gasteiger partial charge in [0.1, 0.15) is 0 Å². The maximum Gasteiger partial charge on any atom is 0.223 e. The normalized spacial score (nSPS) is 42.9. The third-order valence-electron chi connectivity index (χ3n) is 5.84. The van der Waals surface area contributed by atoms with Crippen LogP contribution in [-0.4, -0.2) is 19.5 Å². The van der Waals surface area contributed by atoms with E-state index in [2.05, 4.69) is 5.32 Å². The zero-order chi connectivity index (χ0) is 12.8. The Hall–Kier alpha value is -0.570. The zero-order valence-electron chi connectivity index (χ0n) is 11.5. The Bertz CT molecular complexity index is 304. The summed E-state index contributed by atoms with van der Waals surface area (Å²) in [7, 11) is 1.77. The lowest BCUT2D eigenvalue weighted by Crippen LogP contribution is -2.53. The number of rotatable bonds is 4. The topological polar surface area (TPSA) is 55.1 Å². The van der Waals surface area contributed by atoms with E-state index >= 15 is 0 Å². The van der Waals surface area contributed by atoms with E-state index in [9.17, 15) is 4.79 Å². The molecule has 0 heterocycles. The molecule has 3 nitrogen and oxygen atoms in total. The van der Waals surface area contributed by atoms with Crippen molar-refractivity contribution in [3.8, 4) is 0 Å². The fourth-order valence-electron chi connectivity index (χ4n) is 5.66. The molecule has 0 spiro atoms. The van der Waals surface area contributed by atoms with Crippen molar-refractivity contribution in [2.75, 3.05) is 13.6 Å². The van der Waals surface area contributed by atoms with E-state index in [1.165, 1.54) is 38.5 Å². The van der Waals surface area contributed by atoms with Gasteiger partial charge in [-0.3, -0.25) is 4.79 Å². The Morgan fingerprint density at radius 1 is 1.22 bits per heavy atom. The Kier molecular flexibility index (Phi) is 3.13. The maximum absolute atomic E-state index is 12.3. The summed E-state index contributed by atoms with van der Waals surface area (Å²) in [5.41, 5.74) is 6.06. The first kappa shape index (κ1) is 12.5. The zero-order valence-corrected chi connectivity index (χ0v) is 11.5. The third-order valence-corrected chi connectivity index (χ3v) is 5.84. The van der Waals surface area contributed by atoms with E-state index in [1.54, 1.807) is 7.05 Å². The Morgan fingerprint density at radius 2 is 1.72 bits per heavy atom. The minimum atomic E-state index is 0.167. The molecule has 1 atom stereocenters. The van der Waals surface area contributed by atoms with Gasteiger partial charge in [-0.1, -0.05) is 0 Å². The summed E-state index contributed by atoms with van der Waals surface area (Å²) >= 11 is 0. The molecule has 3 heteroatoms. The second-order valence-electron chi connectivity index (χ2n) is 7.02. The molecular formula is C15H26N2O. The van der Waals surface area contributed by atoms with Crippen molar-refractivity contribution in [1.82, 2.24) is 5.32 Å². The molecule has 4 aliphatic carbocycles. The molecule has 18 heavy (non-hydrogen) atoms. The van der Waals surface area contributed by atoms with Gasteiger partial charge in [0.2, 0.25) is 5.91 Å². The quantitative estimate of drug-likeness (QED) is 0.801. The Balaban J connectivity index is 1.86. The summed E-state index contributed by atoms with van der Waals surface area (Å²) in [5.74, 6) is 3.12. The molecule has 4 aliphatic rings. The standard InChI is InChI=1S/C15H26N2O/c1-17-14(18)13(2-3-16)15-7-10-4-11(8-15)6-12(5-10)9-15/h10-13H,2-9,16H2,1H3,(H,17,18). The number of hydrogen-bond donors (Lipinski definition) is 2. The van der Waals surface area contributed by atoms with Crippen LogP contribution in [0.25, 0.3) is 0 Å². The SMILES string of the molecule is CNC(=O)C(CCN)C12CC3CC(CC(C3)C1)C2. The Labute approximate surface area is 110 Å². The highest BCUT2D eigenvalue weighted by atomic mass is 16.1. The molecule has 0 aromatic rings. The van der Waals surface area contributed by atoms with Gasteiger partial charge >= 0.3 is 0 Å². The molecular weight excluding hydrogens is 224 g/mol. The van der Waals surface area contributed by atoms with Crippen molar-refractivity contribution in [2.24, 2.45) is 34.8 Å². The monoisotopic (exact) mass is 250 g/mol. The number of carbonyl (C=O) groups is 1. The van der Waals surface area contributed by atoms with Crippen LogP contribution >= 0.6 is 0 Å². The minimum absolute atomic E-state index is 0.167. The van der Waals surface area contributed by atoms with Crippen LogP contribution in [0, 0.1) is 29.1 Å². The first-order valence-electron chi connectivity index (χ1n) is 7.58.